The van der Waals surface area contributed by atoms with E-state index >= 15 is 0 Å². The molecule has 2 amide bonds. The van der Waals surface area contributed by atoms with Gasteiger partial charge in [0.2, 0.25) is 0 Å². The van der Waals surface area contributed by atoms with E-state index in [1.54, 1.807) is 6.92 Å². The molecule has 0 radical (unpaired) electrons. The van der Waals surface area contributed by atoms with Gasteiger partial charge in [0.1, 0.15) is 5.82 Å². The third-order valence-electron chi connectivity index (χ3n) is 3.21. The van der Waals surface area contributed by atoms with Gasteiger partial charge < -0.3 is 5.32 Å². The molecule has 24 heavy (non-hydrogen) atoms. The van der Waals surface area contributed by atoms with Crippen LogP contribution < -0.4 is 10.7 Å². The van der Waals surface area contributed by atoms with E-state index in [9.17, 15) is 14.0 Å². The lowest BCUT2D eigenvalue weighted by atomic mass is 10.1. The fraction of sp³-hybridized carbons (Fsp3) is 0.118. The van der Waals surface area contributed by atoms with Crippen molar-refractivity contribution in [2.75, 3.05) is 0 Å². The molecule has 0 fully saturated rings. The van der Waals surface area contributed by atoms with Crippen molar-refractivity contribution in [2.45, 2.75) is 13.0 Å². The molecule has 2 N–H and O–H groups in total. The molecule has 0 spiro atoms. The second-order valence-electron chi connectivity index (χ2n) is 4.94. The van der Waals surface area contributed by atoms with Gasteiger partial charge in [-0.3, -0.25) is 9.59 Å². The van der Waals surface area contributed by atoms with E-state index in [0.29, 0.717) is 0 Å². The van der Waals surface area contributed by atoms with Crippen molar-refractivity contribution < 1.29 is 14.0 Å². The van der Waals surface area contributed by atoms with Gasteiger partial charge in [0, 0.05) is 5.56 Å². The Bertz CT molecular complexity index is 745. The summed E-state index contributed by atoms with van der Waals surface area (Å²) in [5, 5.41) is 6.25. The second kappa shape index (κ2) is 8.21. The zero-order valence-corrected chi connectivity index (χ0v) is 13.5. The Hall–Kier alpha value is -2.73. The highest BCUT2D eigenvalue weighted by Gasteiger charge is 2.16. The molecule has 0 aliphatic rings. The number of hydrazone groups is 1. The minimum absolute atomic E-state index is 0.0255. The van der Waals surface area contributed by atoms with Crippen molar-refractivity contribution in [3.8, 4) is 0 Å². The largest absolute Gasteiger partial charge is 0.341 e. The highest BCUT2D eigenvalue weighted by molar-refractivity contribution is 6.35. The number of hydrogen-bond acceptors (Lipinski definition) is 3. The molecular weight excluding hydrogens is 333 g/mol. The van der Waals surface area contributed by atoms with Crippen LogP contribution >= 0.6 is 11.6 Å². The van der Waals surface area contributed by atoms with Crippen molar-refractivity contribution in [3.63, 3.8) is 0 Å². The average Bonchev–Trinajstić information content (AvgIpc) is 2.58. The van der Waals surface area contributed by atoms with Crippen molar-refractivity contribution >= 4 is 29.6 Å². The second-order valence-corrected chi connectivity index (χ2v) is 5.35. The molecule has 0 saturated heterocycles. The molecule has 7 heteroatoms. The number of carbonyl (C=O) groups excluding carboxylic acids is 2. The first kappa shape index (κ1) is 17.6. The van der Waals surface area contributed by atoms with Crippen LogP contribution in [0.25, 0.3) is 0 Å². The molecule has 0 saturated carbocycles. The molecule has 0 unspecified atom stereocenters. The summed E-state index contributed by atoms with van der Waals surface area (Å²) >= 11 is 5.82. The van der Waals surface area contributed by atoms with Crippen molar-refractivity contribution in [3.05, 3.63) is 70.5 Å². The normalized spacial score (nSPS) is 12.0. The number of amides is 2. The van der Waals surface area contributed by atoms with Gasteiger partial charge in [-0.15, -0.1) is 0 Å². The van der Waals surface area contributed by atoms with Gasteiger partial charge in [0.25, 0.3) is 0 Å². The van der Waals surface area contributed by atoms with E-state index in [0.717, 1.165) is 11.8 Å². The third-order valence-corrected chi connectivity index (χ3v) is 3.54. The van der Waals surface area contributed by atoms with Gasteiger partial charge in [-0.25, -0.2) is 9.82 Å². The van der Waals surface area contributed by atoms with Gasteiger partial charge in [0.15, 0.2) is 0 Å². The van der Waals surface area contributed by atoms with Gasteiger partial charge in [-0.05, 0) is 24.6 Å². The molecule has 0 aromatic heterocycles. The summed E-state index contributed by atoms with van der Waals surface area (Å²) in [5.74, 6) is -2.38. The Morgan fingerprint density at radius 1 is 1.12 bits per heavy atom. The maximum Gasteiger partial charge on any atom is 0.329 e. The Labute approximate surface area is 143 Å². The van der Waals surface area contributed by atoms with E-state index in [2.05, 4.69) is 10.4 Å². The van der Waals surface area contributed by atoms with Crippen molar-refractivity contribution in [1.82, 2.24) is 10.7 Å². The van der Waals surface area contributed by atoms with Crippen LogP contribution in [0.5, 0.6) is 0 Å². The standard InChI is InChI=1S/C17H15ClFN3O2/c1-11(12-6-3-2-4-7-12)21-16(23)17(24)22-20-10-13-14(18)8-5-9-15(13)19/h2-11H,1H3,(H,21,23)(H,22,24)/b20-10+/t11-/m1/s1. The van der Waals surface area contributed by atoms with Crippen LogP contribution in [0.1, 0.15) is 24.1 Å². The number of carbonyl (C=O) groups is 2. The molecule has 2 aromatic carbocycles. The lowest BCUT2D eigenvalue weighted by molar-refractivity contribution is -0.139. The Morgan fingerprint density at radius 2 is 1.83 bits per heavy atom. The number of rotatable bonds is 4. The van der Waals surface area contributed by atoms with Crippen molar-refractivity contribution in [2.24, 2.45) is 5.10 Å². The average molecular weight is 348 g/mol. The number of benzene rings is 2. The summed E-state index contributed by atoms with van der Waals surface area (Å²) < 4.78 is 13.5. The van der Waals surface area contributed by atoms with Gasteiger partial charge in [0.05, 0.1) is 17.3 Å². The van der Waals surface area contributed by atoms with Crippen LogP contribution in [-0.4, -0.2) is 18.0 Å². The summed E-state index contributed by atoms with van der Waals surface area (Å²) in [6, 6.07) is 13.0. The summed E-state index contributed by atoms with van der Waals surface area (Å²) in [7, 11) is 0. The minimum Gasteiger partial charge on any atom is -0.341 e. The predicted molar refractivity (Wildman–Crippen MR) is 90.1 cm³/mol. The zero-order chi connectivity index (χ0) is 17.5. The smallest absolute Gasteiger partial charge is 0.329 e. The Morgan fingerprint density at radius 3 is 2.50 bits per heavy atom. The first-order valence-corrected chi connectivity index (χ1v) is 7.49. The maximum atomic E-state index is 13.5. The monoisotopic (exact) mass is 347 g/mol. The number of hydrogen-bond donors (Lipinski definition) is 2. The van der Waals surface area contributed by atoms with E-state index in [1.807, 2.05) is 35.8 Å². The SMILES string of the molecule is C[C@@H](NC(=O)C(=O)N/N=C/c1c(F)cccc1Cl)c1ccccc1. The Kier molecular flexibility index (Phi) is 6.03. The third kappa shape index (κ3) is 4.63. The first-order chi connectivity index (χ1) is 11.5. The van der Waals surface area contributed by atoms with Gasteiger partial charge in [-0.1, -0.05) is 48.0 Å². The molecule has 0 heterocycles. The highest BCUT2D eigenvalue weighted by atomic mass is 35.5. The fourth-order valence-corrected chi connectivity index (χ4v) is 2.14. The lowest BCUT2D eigenvalue weighted by Crippen LogP contribution is -2.39. The molecule has 2 aromatic rings. The van der Waals surface area contributed by atoms with Crippen LogP contribution in [0, 0.1) is 5.82 Å². The van der Waals surface area contributed by atoms with E-state index in [1.165, 1.54) is 18.2 Å². The van der Waals surface area contributed by atoms with Crippen LogP contribution in [0.15, 0.2) is 53.6 Å². The predicted octanol–water partition coefficient (Wildman–Crippen LogP) is 2.81. The number of halogens is 2. The highest BCUT2D eigenvalue weighted by Crippen LogP contribution is 2.16. The fourth-order valence-electron chi connectivity index (χ4n) is 1.93. The molecular formula is C17H15ClFN3O2. The molecule has 1 atom stereocenters. The summed E-state index contributed by atoms with van der Waals surface area (Å²) in [5.41, 5.74) is 2.92. The minimum atomic E-state index is -0.957. The van der Waals surface area contributed by atoms with Gasteiger partial charge in [-0.2, -0.15) is 5.10 Å². The van der Waals surface area contributed by atoms with E-state index in [-0.39, 0.29) is 16.6 Å². The summed E-state index contributed by atoms with van der Waals surface area (Å²) in [6.45, 7) is 1.75. The number of nitrogens with zero attached hydrogens (tertiary/aromatic N) is 1. The van der Waals surface area contributed by atoms with Crippen molar-refractivity contribution in [1.29, 1.82) is 0 Å². The van der Waals surface area contributed by atoms with E-state index < -0.39 is 17.6 Å². The van der Waals surface area contributed by atoms with Crippen LogP contribution in [0.4, 0.5) is 4.39 Å². The summed E-state index contributed by atoms with van der Waals surface area (Å²) in [4.78, 5) is 23.5. The molecule has 0 aliphatic carbocycles. The molecule has 2 rings (SSSR count). The first-order valence-electron chi connectivity index (χ1n) is 7.12. The van der Waals surface area contributed by atoms with Crippen LogP contribution in [-0.2, 0) is 9.59 Å². The number of nitrogens with one attached hydrogen (secondary N) is 2. The summed E-state index contributed by atoms with van der Waals surface area (Å²) in [6.07, 6.45) is 1.05. The quantitative estimate of drug-likeness (QED) is 0.507. The zero-order valence-electron chi connectivity index (χ0n) is 12.8. The molecule has 124 valence electrons. The molecule has 0 bridgehead atoms. The van der Waals surface area contributed by atoms with Crippen LogP contribution in [0.2, 0.25) is 5.02 Å². The maximum absolute atomic E-state index is 13.5. The Balaban J connectivity index is 1.92. The lowest BCUT2D eigenvalue weighted by Gasteiger charge is -2.13. The topological polar surface area (TPSA) is 70.6 Å². The van der Waals surface area contributed by atoms with Crippen LogP contribution in [0.3, 0.4) is 0 Å². The molecule has 0 aliphatic heterocycles. The molecule has 5 nitrogen and oxygen atoms in total. The van der Waals surface area contributed by atoms with Gasteiger partial charge >= 0.3 is 11.8 Å². The van der Waals surface area contributed by atoms with E-state index in [4.69, 9.17) is 11.6 Å².